The molecule has 1 aromatic heterocycles. The van der Waals surface area contributed by atoms with E-state index in [1.54, 1.807) is 43.4 Å². The lowest BCUT2D eigenvalue weighted by atomic mass is 10.2. The van der Waals surface area contributed by atoms with Gasteiger partial charge in [0.05, 0.1) is 12.8 Å². The Bertz CT molecular complexity index is 1000. The van der Waals surface area contributed by atoms with Gasteiger partial charge in [-0.1, -0.05) is 18.2 Å². The highest BCUT2D eigenvalue weighted by Crippen LogP contribution is 2.21. The van der Waals surface area contributed by atoms with Gasteiger partial charge in [0, 0.05) is 12.6 Å². The van der Waals surface area contributed by atoms with Gasteiger partial charge >= 0.3 is 5.97 Å². The van der Waals surface area contributed by atoms with Gasteiger partial charge in [0.15, 0.2) is 6.61 Å². The van der Waals surface area contributed by atoms with Crippen molar-refractivity contribution in [2.75, 3.05) is 20.2 Å². The van der Waals surface area contributed by atoms with Crippen molar-refractivity contribution in [1.29, 1.82) is 0 Å². The Balaban J connectivity index is 1.39. The van der Waals surface area contributed by atoms with Gasteiger partial charge in [0.2, 0.25) is 0 Å². The van der Waals surface area contributed by atoms with E-state index >= 15 is 0 Å². The molecule has 2 amide bonds. The highest BCUT2D eigenvalue weighted by Gasteiger charge is 2.14. The average Bonchev–Trinajstić information content (AvgIpc) is 3.30. The molecule has 3 rings (SSSR count). The van der Waals surface area contributed by atoms with Gasteiger partial charge in [-0.2, -0.15) is 0 Å². The normalized spacial score (nSPS) is 10.2. The van der Waals surface area contributed by atoms with Crippen LogP contribution in [0.1, 0.15) is 16.1 Å². The van der Waals surface area contributed by atoms with Crippen LogP contribution in [0, 0.1) is 0 Å². The fourth-order valence-corrected chi connectivity index (χ4v) is 2.58. The summed E-state index contributed by atoms with van der Waals surface area (Å²) in [6.45, 7) is -0.502. The van der Waals surface area contributed by atoms with E-state index in [2.05, 4.69) is 5.32 Å². The Morgan fingerprint density at radius 3 is 2.32 bits per heavy atom. The summed E-state index contributed by atoms with van der Waals surface area (Å²) in [6.07, 6.45) is 1.51. The predicted molar refractivity (Wildman–Crippen MR) is 111 cm³/mol. The molecule has 0 aliphatic carbocycles. The summed E-state index contributed by atoms with van der Waals surface area (Å²) in [5, 5.41) is 2.46. The van der Waals surface area contributed by atoms with Gasteiger partial charge in [-0.25, -0.2) is 0 Å². The Kier molecular flexibility index (Phi) is 7.42. The van der Waals surface area contributed by atoms with Gasteiger partial charge < -0.3 is 24.1 Å². The summed E-state index contributed by atoms with van der Waals surface area (Å²) in [7, 11) is 1.58. The molecule has 0 unspecified atom stereocenters. The van der Waals surface area contributed by atoms with E-state index in [1.807, 2.05) is 30.3 Å². The molecule has 160 valence electrons. The molecule has 0 atom stereocenters. The standard InChI is InChI=1S/C23H22N2O6/c1-25(15-20-8-5-13-29-20)21(26)16-30-22(27)14-24-23(28)17-9-11-19(12-10-17)31-18-6-3-2-4-7-18/h2-13H,14-16H2,1H3,(H,24,28). The third kappa shape index (κ3) is 6.74. The molecular formula is C23H22N2O6. The molecule has 1 N–H and O–H groups in total. The Morgan fingerprint density at radius 2 is 1.65 bits per heavy atom. The Hall–Kier alpha value is -4.07. The number of nitrogens with zero attached hydrogens (tertiary/aromatic N) is 1. The number of esters is 1. The number of likely N-dealkylation sites (N-methyl/N-ethyl adjacent to an activating group) is 1. The van der Waals surface area contributed by atoms with Crippen molar-refractivity contribution in [1.82, 2.24) is 10.2 Å². The van der Waals surface area contributed by atoms with Gasteiger partial charge in [0.1, 0.15) is 23.8 Å². The molecule has 3 aromatic rings. The number of carbonyl (C=O) groups is 3. The molecule has 31 heavy (non-hydrogen) atoms. The average molecular weight is 422 g/mol. The van der Waals surface area contributed by atoms with Gasteiger partial charge in [0.25, 0.3) is 11.8 Å². The van der Waals surface area contributed by atoms with E-state index in [4.69, 9.17) is 13.9 Å². The fraction of sp³-hybridized carbons (Fsp3) is 0.174. The number of furan rings is 1. The van der Waals surface area contributed by atoms with Crippen LogP contribution in [-0.2, 0) is 20.9 Å². The SMILES string of the molecule is CN(Cc1ccco1)C(=O)COC(=O)CNC(=O)c1ccc(Oc2ccccc2)cc1. The number of para-hydroxylation sites is 1. The quantitative estimate of drug-likeness (QED) is 0.533. The van der Waals surface area contributed by atoms with Gasteiger partial charge in [-0.3, -0.25) is 14.4 Å². The number of amides is 2. The van der Waals surface area contributed by atoms with Crippen LogP contribution < -0.4 is 10.1 Å². The number of hydrogen-bond acceptors (Lipinski definition) is 6. The zero-order valence-electron chi connectivity index (χ0n) is 16.9. The Morgan fingerprint density at radius 1 is 0.935 bits per heavy atom. The molecule has 8 nitrogen and oxygen atoms in total. The van der Waals surface area contributed by atoms with E-state index in [1.165, 1.54) is 11.2 Å². The van der Waals surface area contributed by atoms with Crippen LogP contribution in [0.2, 0.25) is 0 Å². The lowest BCUT2D eigenvalue weighted by molar-refractivity contribution is -0.150. The lowest BCUT2D eigenvalue weighted by Gasteiger charge is -2.15. The summed E-state index contributed by atoms with van der Waals surface area (Å²) in [5.74, 6) is 0.354. The molecule has 0 aliphatic rings. The molecular weight excluding hydrogens is 400 g/mol. The number of rotatable bonds is 9. The number of carbonyl (C=O) groups excluding carboxylic acids is 3. The molecule has 0 saturated carbocycles. The maximum atomic E-state index is 12.2. The fourth-order valence-electron chi connectivity index (χ4n) is 2.58. The van der Waals surface area contributed by atoms with E-state index in [0.717, 1.165) is 0 Å². The van der Waals surface area contributed by atoms with Crippen LogP contribution in [-0.4, -0.2) is 42.9 Å². The third-order valence-electron chi connectivity index (χ3n) is 4.24. The van der Waals surface area contributed by atoms with Crippen LogP contribution in [0.25, 0.3) is 0 Å². The van der Waals surface area contributed by atoms with Gasteiger partial charge in [-0.05, 0) is 48.5 Å². The van der Waals surface area contributed by atoms with Crippen LogP contribution in [0.5, 0.6) is 11.5 Å². The molecule has 8 heteroatoms. The topological polar surface area (TPSA) is 98.1 Å². The number of hydrogen-bond donors (Lipinski definition) is 1. The van der Waals surface area contributed by atoms with Crippen molar-refractivity contribution in [2.45, 2.75) is 6.54 Å². The minimum Gasteiger partial charge on any atom is -0.467 e. The lowest BCUT2D eigenvalue weighted by Crippen LogP contribution is -2.34. The molecule has 0 radical (unpaired) electrons. The highest BCUT2D eigenvalue weighted by atomic mass is 16.5. The van der Waals surface area contributed by atoms with Gasteiger partial charge in [-0.15, -0.1) is 0 Å². The van der Waals surface area contributed by atoms with Crippen LogP contribution in [0.4, 0.5) is 0 Å². The first-order valence-corrected chi connectivity index (χ1v) is 9.54. The first-order valence-electron chi connectivity index (χ1n) is 9.54. The molecule has 0 spiro atoms. The summed E-state index contributed by atoms with van der Waals surface area (Å²) in [5.41, 5.74) is 0.363. The molecule has 2 aromatic carbocycles. The van der Waals surface area contributed by atoms with E-state index in [-0.39, 0.29) is 19.0 Å². The molecule has 0 aliphatic heterocycles. The minimum atomic E-state index is -0.711. The zero-order chi connectivity index (χ0) is 22.1. The predicted octanol–water partition coefficient (Wildman–Crippen LogP) is 3.00. The van der Waals surface area contributed by atoms with E-state index in [0.29, 0.717) is 22.8 Å². The minimum absolute atomic E-state index is 0.268. The maximum Gasteiger partial charge on any atom is 0.325 e. The summed E-state index contributed by atoms with van der Waals surface area (Å²) in [4.78, 5) is 37.4. The maximum absolute atomic E-state index is 12.2. The van der Waals surface area contributed by atoms with Crippen molar-refractivity contribution in [2.24, 2.45) is 0 Å². The third-order valence-corrected chi connectivity index (χ3v) is 4.24. The van der Waals surface area contributed by atoms with Crippen LogP contribution in [0.15, 0.2) is 77.4 Å². The number of ether oxygens (including phenoxy) is 2. The molecule has 1 heterocycles. The highest BCUT2D eigenvalue weighted by molar-refractivity contribution is 5.96. The second kappa shape index (κ2) is 10.6. The number of nitrogens with one attached hydrogen (secondary N) is 1. The van der Waals surface area contributed by atoms with E-state index < -0.39 is 18.5 Å². The van der Waals surface area contributed by atoms with Crippen molar-refractivity contribution < 1.29 is 28.3 Å². The van der Waals surface area contributed by atoms with Crippen molar-refractivity contribution in [3.05, 3.63) is 84.3 Å². The van der Waals surface area contributed by atoms with Crippen molar-refractivity contribution in [3.8, 4) is 11.5 Å². The van der Waals surface area contributed by atoms with Crippen molar-refractivity contribution >= 4 is 17.8 Å². The second-order valence-electron chi connectivity index (χ2n) is 6.61. The largest absolute Gasteiger partial charge is 0.467 e. The zero-order valence-corrected chi connectivity index (χ0v) is 16.9. The summed E-state index contributed by atoms with van der Waals surface area (Å²) >= 11 is 0. The van der Waals surface area contributed by atoms with E-state index in [9.17, 15) is 14.4 Å². The second-order valence-corrected chi connectivity index (χ2v) is 6.61. The summed E-state index contributed by atoms with van der Waals surface area (Å²) < 4.78 is 15.8. The molecule has 0 bridgehead atoms. The van der Waals surface area contributed by atoms with Crippen LogP contribution in [0.3, 0.4) is 0 Å². The van der Waals surface area contributed by atoms with Crippen molar-refractivity contribution in [3.63, 3.8) is 0 Å². The molecule has 0 fully saturated rings. The Labute approximate surface area is 179 Å². The molecule has 0 saturated heterocycles. The summed E-state index contributed by atoms with van der Waals surface area (Å²) in [6, 6.07) is 19.2. The first kappa shape index (κ1) is 21.6. The smallest absolute Gasteiger partial charge is 0.325 e. The monoisotopic (exact) mass is 422 g/mol. The van der Waals surface area contributed by atoms with Crippen LogP contribution >= 0.6 is 0 Å². The first-order chi connectivity index (χ1) is 15.0. The number of benzene rings is 2.